The summed E-state index contributed by atoms with van der Waals surface area (Å²) in [4.78, 5) is 0. The Morgan fingerprint density at radius 3 is 2.40 bits per heavy atom. The Morgan fingerprint density at radius 2 is 1.90 bits per heavy atom. The molecule has 1 nitrogen and oxygen atoms in total. The van der Waals surface area contributed by atoms with Crippen molar-refractivity contribution in [3.05, 3.63) is 0 Å². The first-order valence-corrected chi connectivity index (χ1v) is 5.44. The Bertz CT molecular complexity index is 87.3. The molecule has 0 amide bonds. The number of hydrogen-bond acceptors (Lipinski definition) is 1. The predicted molar refractivity (Wildman–Crippen MR) is 53.5 cm³/mol. The molecule has 1 unspecified atom stereocenters. The molecule has 0 aromatic heterocycles. The highest BCUT2D eigenvalue weighted by Crippen LogP contribution is 2.18. The van der Waals surface area contributed by atoms with Gasteiger partial charge in [0.15, 0.2) is 0 Å². The molecule has 10 heavy (non-hydrogen) atoms. The summed E-state index contributed by atoms with van der Waals surface area (Å²) in [6.07, 6.45) is 7.11. The van der Waals surface area contributed by atoms with Crippen LogP contribution >= 0.6 is 22.6 Å². The van der Waals surface area contributed by atoms with Crippen LogP contribution in [0.1, 0.15) is 39.0 Å². The minimum atomic E-state index is 0.640. The molecule has 1 aliphatic carbocycles. The molecule has 1 N–H and O–H groups in total. The van der Waals surface area contributed by atoms with Gasteiger partial charge in [-0.3, -0.25) is 0 Å². The molecule has 1 aliphatic rings. The third-order valence-electron chi connectivity index (χ3n) is 2.07. The maximum absolute atomic E-state index is 3.57. The van der Waals surface area contributed by atoms with Gasteiger partial charge < -0.3 is 5.32 Å². The molecule has 1 saturated carbocycles. The maximum atomic E-state index is 3.57. The van der Waals surface area contributed by atoms with Crippen molar-refractivity contribution in [1.82, 2.24) is 5.32 Å². The molecule has 0 bridgehead atoms. The fraction of sp³-hybridized carbons (Fsp3) is 1.00. The van der Waals surface area contributed by atoms with Gasteiger partial charge in [-0.1, -0.05) is 41.9 Å². The lowest BCUT2D eigenvalue weighted by molar-refractivity contribution is 0.376. The predicted octanol–water partition coefficient (Wildman–Crippen LogP) is 2.69. The highest BCUT2D eigenvalue weighted by atomic mass is 127. The van der Waals surface area contributed by atoms with E-state index < -0.39 is 0 Å². The summed E-state index contributed by atoms with van der Waals surface area (Å²) in [5, 5.41) is 3.57. The Hall–Kier alpha value is 0.690. The first-order valence-electron chi connectivity index (χ1n) is 4.19. The second kappa shape index (κ2) is 4.54. The molecule has 0 aliphatic heterocycles. The molecule has 0 radical (unpaired) electrons. The van der Waals surface area contributed by atoms with Crippen LogP contribution in [0, 0.1) is 0 Å². The summed E-state index contributed by atoms with van der Waals surface area (Å²) in [5.74, 6) is 0. The van der Waals surface area contributed by atoms with E-state index >= 15 is 0 Å². The zero-order chi connectivity index (χ0) is 7.40. The van der Waals surface area contributed by atoms with E-state index in [1.165, 1.54) is 32.1 Å². The Labute approximate surface area is 77.1 Å². The highest BCUT2D eigenvalue weighted by Gasteiger charge is 2.13. The number of hydrogen-bond donors (Lipinski definition) is 1. The smallest absolute Gasteiger partial charge is 0.0567 e. The average Bonchev–Trinajstić information content (AvgIpc) is 1.88. The van der Waals surface area contributed by atoms with Crippen LogP contribution in [0.2, 0.25) is 0 Å². The van der Waals surface area contributed by atoms with Gasteiger partial charge in [0.05, 0.1) is 4.05 Å². The lowest BCUT2D eigenvalue weighted by Crippen LogP contribution is -2.34. The topological polar surface area (TPSA) is 12.0 Å². The number of halogens is 1. The van der Waals surface area contributed by atoms with E-state index in [1.54, 1.807) is 0 Å². The lowest BCUT2D eigenvalue weighted by atomic mass is 9.96. The number of alkyl halides is 1. The van der Waals surface area contributed by atoms with Crippen molar-refractivity contribution in [2.75, 3.05) is 0 Å². The summed E-state index contributed by atoms with van der Waals surface area (Å²) in [5.41, 5.74) is 0. The fourth-order valence-electron chi connectivity index (χ4n) is 1.59. The van der Waals surface area contributed by atoms with Crippen molar-refractivity contribution in [3.63, 3.8) is 0 Å². The van der Waals surface area contributed by atoms with Crippen molar-refractivity contribution >= 4 is 22.6 Å². The quantitative estimate of drug-likeness (QED) is 0.453. The number of nitrogens with one attached hydrogen (secondary N) is 1. The van der Waals surface area contributed by atoms with Gasteiger partial charge in [0.1, 0.15) is 0 Å². The van der Waals surface area contributed by atoms with Crippen molar-refractivity contribution in [3.8, 4) is 0 Å². The lowest BCUT2D eigenvalue weighted by Gasteiger charge is -2.24. The summed E-state index contributed by atoms with van der Waals surface area (Å²) in [7, 11) is 0. The van der Waals surface area contributed by atoms with E-state index in [-0.39, 0.29) is 0 Å². The molecule has 0 aromatic rings. The van der Waals surface area contributed by atoms with E-state index in [0.29, 0.717) is 4.05 Å². The van der Waals surface area contributed by atoms with Crippen LogP contribution in [-0.4, -0.2) is 10.1 Å². The largest absolute Gasteiger partial charge is 0.303 e. The van der Waals surface area contributed by atoms with E-state index in [9.17, 15) is 0 Å². The minimum Gasteiger partial charge on any atom is -0.303 e. The van der Waals surface area contributed by atoms with Crippen molar-refractivity contribution in [2.45, 2.75) is 49.1 Å². The van der Waals surface area contributed by atoms with E-state index in [0.717, 1.165) is 6.04 Å². The van der Waals surface area contributed by atoms with E-state index in [4.69, 9.17) is 0 Å². The molecule has 0 spiro atoms. The monoisotopic (exact) mass is 253 g/mol. The van der Waals surface area contributed by atoms with Gasteiger partial charge in [-0.05, 0) is 19.8 Å². The standard InChI is InChI=1S/C8H16IN/c1-7(9)10-8-5-3-2-4-6-8/h7-8,10H,2-6H2,1H3. The average molecular weight is 253 g/mol. The zero-order valence-corrected chi connectivity index (χ0v) is 8.73. The third kappa shape index (κ3) is 3.19. The third-order valence-corrected chi connectivity index (χ3v) is 2.43. The Morgan fingerprint density at radius 1 is 1.30 bits per heavy atom. The van der Waals surface area contributed by atoms with Crippen LogP contribution < -0.4 is 5.32 Å². The first kappa shape index (κ1) is 8.78. The maximum Gasteiger partial charge on any atom is 0.0567 e. The second-order valence-electron chi connectivity index (χ2n) is 3.12. The van der Waals surface area contributed by atoms with Gasteiger partial charge in [-0.25, -0.2) is 0 Å². The first-order chi connectivity index (χ1) is 4.79. The molecule has 0 aromatic carbocycles. The molecule has 1 rings (SSSR count). The summed E-state index contributed by atoms with van der Waals surface area (Å²) in [6.45, 7) is 2.22. The molecular formula is C8H16IN. The number of rotatable bonds is 2. The summed E-state index contributed by atoms with van der Waals surface area (Å²) < 4.78 is 0.640. The van der Waals surface area contributed by atoms with Crippen LogP contribution in [0.4, 0.5) is 0 Å². The van der Waals surface area contributed by atoms with Gasteiger partial charge >= 0.3 is 0 Å². The van der Waals surface area contributed by atoms with Crippen molar-refractivity contribution < 1.29 is 0 Å². The highest BCUT2D eigenvalue weighted by molar-refractivity contribution is 14.1. The van der Waals surface area contributed by atoms with Crippen LogP contribution in [0.15, 0.2) is 0 Å². The van der Waals surface area contributed by atoms with E-state index in [1.807, 2.05) is 0 Å². The Balaban J connectivity index is 2.13. The van der Waals surface area contributed by atoms with Gasteiger partial charge in [0, 0.05) is 6.04 Å². The summed E-state index contributed by atoms with van der Waals surface area (Å²) in [6, 6.07) is 0.820. The second-order valence-corrected chi connectivity index (χ2v) is 4.99. The van der Waals surface area contributed by atoms with Crippen LogP contribution in [0.3, 0.4) is 0 Å². The van der Waals surface area contributed by atoms with Crippen LogP contribution in [0.5, 0.6) is 0 Å². The molecule has 2 heteroatoms. The fourth-order valence-corrected chi connectivity index (χ4v) is 2.10. The van der Waals surface area contributed by atoms with Crippen molar-refractivity contribution in [1.29, 1.82) is 0 Å². The molecule has 60 valence electrons. The minimum absolute atomic E-state index is 0.640. The SMILES string of the molecule is CC(I)NC1CCCCC1. The van der Waals surface area contributed by atoms with Gasteiger partial charge in [0.25, 0.3) is 0 Å². The van der Waals surface area contributed by atoms with Crippen LogP contribution in [0.25, 0.3) is 0 Å². The molecule has 0 saturated heterocycles. The van der Waals surface area contributed by atoms with Crippen LogP contribution in [-0.2, 0) is 0 Å². The Kier molecular flexibility index (Phi) is 3.99. The molecule has 0 heterocycles. The molecule has 1 fully saturated rings. The zero-order valence-electron chi connectivity index (χ0n) is 6.57. The molecule has 1 atom stereocenters. The van der Waals surface area contributed by atoms with Crippen molar-refractivity contribution in [2.24, 2.45) is 0 Å². The van der Waals surface area contributed by atoms with Gasteiger partial charge in [-0.2, -0.15) is 0 Å². The van der Waals surface area contributed by atoms with Gasteiger partial charge in [0.2, 0.25) is 0 Å². The summed E-state index contributed by atoms with van der Waals surface area (Å²) >= 11 is 2.43. The molecular weight excluding hydrogens is 237 g/mol. The van der Waals surface area contributed by atoms with E-state index in [2.05, 4.69) is 34.8 Å². The normalized spacial score (nSPS) is 24.6. The van der Waals surface area contributed by atoms with Gasteiger partial charge in [-0.15, -0.1) is 0 Å².